The fourth-order valence-corrected chi connectivity index (χ4v) is 2.66. The quantitative estimate of drug-likeness (QED) is 0.362. The number of nitrogens with zero attached hydrogens (tertiary/aromatic N) is 2. The maximum Gasteiger partial charge on any atom is 0.277 e. The predicted molar refractivity (Wildman–Crippen MR) is 106 cm³/mol. The van der Waals surface area contributed by atoms with Crippen molar-refractivity contribution in [2.24, 2.45) is 5.10 Å². The second kappa shape index (κ2) is 9.83. The van der Waals surface area contributed by atoms with Gasteiger partial charge in [-0.1, -0.05) is 30.3 Å². The van der Waals surface area contributed by atoms with Crippen molar-refractivity contribution in [1.29, 1.82) is 0 Å². The highest BCUT2D eigenvalue weighted by Crippen LogP contribution is 2.28. The highest BCUT2D eigenvalue weighted by Gasteiger charge is 2.11. The summed E-state index contributed by atoms with van der Waals surface area (Å²) in [7, 11) is 0. The van der Waals surface area contributed by atoms with Crippen molar-refractivity contribution >= 4 is 55.7 Å². The van der Waals surface area contributed by atoms with E-state index < -0.39 is 10.8 Å². The van der Waals surface area contributed by atoms with Gasteiger partial charge in [0.1, 0.15) is 5.75 Å². The van der Waals surface area contributed by atoms with E-state index in [0.717, 1.165) is 5.56 Å². The zero-order valence-electron chi connectivity index (χ0n) is 13.3. The number of ether oxygens (including phenoxy) is 1. The van der Waals surface area contributed by atoms with Gasteiger partial charge in [0.05, 0.1) is 15.6 Å². The van der Waals surface area contributed by atoms with E-state index in [9.17, 15) is 14.9 Å². The van der Waals surface area contributed by atoms with Gasteiger partial charge in [-0.2, -0.15) is 5.10 Å². The van der Waals surface area contributed by atoms with E-state index in [0.29, 0.717) is 14.7 Å². The molecule has 0 aliphatic carbocycles. The van der Waals surface area contributed by atoms with Crippen molar-refractivity contribution in [2.75, 3.05) is 6.61 Å². The third-order valence-electron chi connectivity index (χ3n) is 2.97. The van der Waals surface area contributed by atoms with Crippen LogP contribution in [0.2, 0.25) is 0 Å². The molecule has 7 nitrogen and oxygen atoms in total. The summed E-state index contributed by atoms with van der Waals surface area (Å²) in [5.41, 5.74) is 3.24. The van der Waals surface area contributed by atoms with Gasteiger partial charge in [0.15, 0.2) is 6.61 Å². The first-order chi connectivity index (χ1) is 12.5. The number of amides is 1. The SMILES string of the molecule is O=C(COc1ccc([N+](=O)[O-])cc1Br)N/N=C\C(Br)=C\c1ccccc1. The Morgan fingerprint density at radius 3 is 2.65 bits per heavy atom. The van der Waals surface area contributed by atoms with E-state index in [2.05, 4.69) is 42.4 Å². The van der Waals surface area contributed by atoms with Crippen LogP contribution in [-0.4, -0.2) is 23.7 Å². The minimum atomic E-state index is -0.517. The van der Waals surface area contributed by atoms with Crippen LogP contribution < -0.4 is 10.2 Å². The Hall–Kier alpha value is -2.52. The fraction of sp³-hybridized carbons (Fsp3) is 0.0588. The summed E-state index contributed by atoms with van der Waals surface area (Å²) < 4.78 is 6.37. The number of carbonyl (C=O) groups excluding carboxylic acids is 1. The molecule has 2 aromatic carbocycles. The van der Waals surface area contributed by atoms with Crippen molar-refractivity contribution in [2.45, 2.75) is 0 Å². The molecule has 1 N–H and O–H groups in total. The number of non-ortho nitro benzene ring substituents is 1. The molecule has 0 spiro atoms. The molecule has 9 heteroatoms. The third-order valence-corrected chi connectivity index (χ3v) is 4.02. The van der Waals surface area contributed by atoms with Gasteiger partial charge < -0.3 is 4.74 Å². The van der Waals surface area contributed by atoms with Crippen LogP contribution in [0.1, 0.15) is 5.56 Å². The molecule has 1 amide bonds. The van der Waals surface area contributed by atoms with Crippen LogP contribution in [-0.2, 0) is 4.79 Å². The summed E-state index contributed by atoms with van der Waals surface area (Å²) in [6.07, 6.45) is 3.30. The van der Waals surface area contributed by atoms with Crippen LogP contribution in [0.3, 0.4) is 0 Å². The molecule has 0 saturated carbocycles. The molecule has 0 atom stereocenters. The predicted octanol–water partition coefficient (Wildman–Crippen LogP) is 4.27. The molecule has 0 radical (unpaired) electrons. The molecule has 0 aliphatic heterocycles. The second-order valence-corrected chi connectivity index (χ2v) is 6.66. The molecule has 26 heavy (non-hydrogen) atoms. The molecule has 0 heterocycles. The average Bonchev–Trinajstić information content (AvgIpc) is 2.61. The Labute approximate surface area is 166 Å². The van der Waals surface area contributed by atoms with Crippen LogP contribution >= 0.6 is 31.9 Å². The Kier molecular flexibility index (Phi) is 7.49. The van der Waals surface area contributed by atoms with E-state index >= 15 is 0 Å². The fourth-order valence-electron chi connectivity index (χ4n) is 1.81. The van der Waals surface area contributed by atoms with E-state index in [-0.39, 0.29) is 12.3 Å². The van der Waals surface area contributed by atoms with Gasteiger partial charge in [-0.25, -0.2) is 5.43 Å². The van der Waals surface area contributed by atoms with Gasteiger partial charge >= 0.3 is 0 Å². The summed E-state index contributed by atoms with van der Waals surface area (Å²) in [5, 5.41) is 14.5. The van der Waals surface area contributed by atoms with Gasteiger partial charge in [-0.05, 0) is 49.6 Å². The maximum atomic E-state index is 11.7. The molecule has 0 unspecified atom stereocenters. The number of benzene rings is 2. The van der Waals surface area contributed by atoms with Gasteiger partial charge in [0.2, 0.25) is 0 Å². The van der Waals surface area contributed by atoms with Crippen molar-refractivity contribution in [1.82, 2.24) is 5.43 Å². The topological polar surface area (TPSA) is 93.8 Å². The number of nitro benzene ring substituents is 1. The summed E-state index contributed by atoms with van der Waals surface area (Å²) in [4.78, 5) is 21.9. The molecule has 0 bridgehead atoms. The maximum absolute atomic E-state index is 11.7. The highest BCUT2D eigenvalue weighted by atomic mass is 79.9. The van der Waals surface area contributed by atoms with E-state index in [1.54, 1.807) is 0 Å². The van der Waals surface area contributed by atoms with Crippen molar-refractivity contribution in [3.05, 3.63) is 73.2 Å². The molecular formula is C17H13Br2N3O4. The Bertz CT molecular complexity index is 854. The number of allylic oxidation sites excluding steroid dienone is 1. The minimum Gasteiger partial charge on any atom is -0.483 e. The van der Waals surface area contributed by atoms with Crippen LogP contribution in [0.25, 0.3) is 6.08 Å². The van der Waals surface area contributed by atoms with Crippen molar-refractivity contribution in [3.8, 4) is 5.75 Å². The Morgan fingerprint density at radius 1 is 1.27 bits per heavy atom. The number of nitrogens with one attached hydrogen (secondary N) is 1. The van der Waals surface area contributed by atoms with E-state index in [4.69, 9.17) is 4.74 Å². The number of nitro groups is 1. The summed E-state index contributed by atoms with van der Waals surface area (Å²) in [6.45, 7) is -0.284. The summed E-state index contributed by atoms with van der Waals surface area (Å²) in [6, 6.07) is 13.6. The van der Waals surface area contributed by atoms with Gasteiger partial charge in [-0.15, -0.1) is 0 Å². The lowest BCUT2D eigenvalue weighted by molar-refractivity contribution is -0.384. The van der Waals surface area contributed by atoms with E-state index in [1.165, 1.54) is 24.4 Å². The van der Waals surface area contributed by atoms with E-state index in [1.807, 2.05) is 36.4 Å². The lowest BCUT2D eigenvalue weighted by atomic mass is 10.2. The first-order valence-electron chi connectivity index (χ1n) is 7.26. The lowest BCUT2D eigenvalue weighted by Crippen LogP contribution is -2.24. The molecule has 0 aromatic heterocycles. The average molecular weight is 483 g/mol. The molecular weight excluding hydrogens is 470 g/mol. The molecule has 0 aliphatic rings. The lowest BCUT2D eigenvalue weighted by Gasteiger charge is -2.06. The largest absolute Gasteiger partial charge is 0.483 e. The van der Waals surface area contributed by atoms with Crippen molar-refractivity contribution in [3.63, 3.8) is 0 Å². The first-order valence-corrected chi connectivity index (χ1v) is 8.85. The monoisotopic (exact) mass is 481 g/mol. The molecule has 0 saturated heterocycles. The van der Waals surface area contributed by atoms with Gasteiger partial charge in [-0.3, -0.25) is 14.9 Å². The number of hydrogen-bond acceptors (Lipinski definition) is 5. The number of carbonyl (C=O) groups is 1. The standard InChI is InChI=1S/C17H13Br2N3O4/c18-13(8-12-4-2-1-3-5-12)10-20-21-17(23)11-26-16-7-6-14(22(24)25)9-15(16)19/h1-10H,11H2,(H,21,23)/b13-8-,20-10-. The van der Waals surface area contributed by atoms with Crippen LogP contribution in [0.15, 0.2) is 62.6 Å². The van der Waals surface area contributed by atoms with Crippen molar-refractivity contribution < 1.29 is 14.5 Å². The molecule has 2 aromatic rings. The first kappa shape index (κ1) is 19.8. The minimum absolute atomic E-state index is 0.0756. The summed E-state index contributed by atoms with van der Waals surface area (Å²) in [5.74, 6) is -0.147. The summed E-state index contributed by atoms with van der Waals surface area (Å²) >= 11 is 6.50. The zero-order chi connectivity index (χ0) is 18.9. The molecule has 134 valence electrons. The Morgan fingerprint density at radius 2 is 2.00 bits per heavy atom. The third kappa shape index (κ3) is 6.41. The number of hydrazone groups is 1. The molecule has 0 fully saturated rings. The zero-order valence-corrected chi connectivity index (χ0v) is 16.4. The molecule has 2 rings (SSSR count). The highest BCUT2D eigenvalue weighted by molar-refractivity contribution is 9.12. The number of rotatable bonds is 7. The Balaban J connectivity index is 1.84. The number of hydrogen-bond donors (Lipinski definition) is 1. The van der Waals surface area contributed by atoms with Gasteiger partial charge in [0.25, 0.3) is 11.6 Å². The van der Waals surface area contributed by atoms with Crippen LogP contribution in [0, 0.1) is 10.1 Å². The second-order valence-electron chi connectivity index (χ2n) is 4.89. The normalized spacial score (nSPS) is 11.4. The van der Waals surface area contributed by atoms with Gasteiger partial charge in [0, 0.05) is 16.6 Å². The smallest absolute Gasteiger partial charge is 0.277 e. The van der Waals surface area contributed by atoms with Crippen LogP contribution in [0.4, 0.5) is 5.69 Å². The number of halogens is 2. The van der Waals surface area contributed by atoms with Crippen LogP contribution in [0.5, 0.6) is 5.75 Å².